The van der Waals surface area contributed by atoms with Gasteiger partial charge in [0.05, 0.1) is 7.11 Å². The summed E-state index contributed by atoms with van der Waals surface area (Å²) in [5.74, 6) is 1.19. The van der Waals surface area contributed by atoms with E-state index in [1.807, 2.05) is 42.5 Å². The number of aryl methyl sites for hydroxylation is 1. The molecule has 26 heavy (non-hydrogen) atoms. The van der Waals surface area contributed by atoms with Crippen molar-refractivity contribution in [2.24, 2.45) is 10.7 Å². The average Bonchev–Trinajstić information content (AvgIpc) is 2.65. The van der Waals surface area contributed by atoms with Gasteiger partial charge in [0.1, 0.15) is 17.0 Å². The predicted molar refractivity (Wildman–Crippen MR) is 107 cm³/mol. The molecule has 0 unspecified atom stereocenters. The highest BCUT2D eigenvalue weighted by molar-refractivity contribution is 8.13. The van der Waals surface area contributed by atoms with Crippen LogP contribution in [0.3, 0.4) is 0 Å². The Kier molecular flexibility index (Phi) is 5.63. The molecule has 0 aliphatic carbocycles. The molecule has 3 aromatic rings. The molecule has 134 valence electrons. The van der Waals surface area contributed by atoms with Gasteiger partial charge < -0.3 is 14.9 Å². The summed E-state index contributed by atoms with van der Waals surface area (Å²) in [6.07, 6.45) is 0.886. The number of fused-ring (bicyclic) bond motifs is 1. The van der Waals surface area contributed by atoms with Gasteiger partial charge in [-0.05, 0) is 35.7 Å². The lowest BCUT2D eigenvalue weighted by Gasteiger charge is -2.07. The normalized spacial score (nSPS) is 11.7. The summed E-state index contributed by atoms with van der Waals surface area (Å²) in [5, 5.41) is 1.32. The van der Waals surface area contributed by atoms with Crippen molar-refractivity contribution in [2.45, 2.75) is 19.1 Å². The van der Waals surface area contributed by atoms with E-state index < -0.39 is 0 Å². The molecule has 2 aromatic carbocycles. The molecule has 0 radical (unpaired) electrons. The predicted octanol–water partition coefficient (Wildman–Crippen LogP) is 4.24. The number of rotatable bonds is 5. The summed E-state index contributed by atoms with van der Waals surface area (Å²) in [7, 11) is 1.59. The van der Waals surface area contributed by atoms with E-state index in [4.69, 9.17) is 14.9 Å². The summed E-state index contributed by atoms with van der Waals surface area (Å²) in [6.45, 7) is 2.06. The van der Waals surface area contributed by atoms with Crippen LogP contribution in [0.15, 0.2) is 62.7 Å². The lowest BCUT2D eigenvalue weighted by atomic mass is 10.1. The van der Waals surface area contributed by atoms with Gasteiger partial charge in [0.25, 0.3) is 0 Å². The summed E-state index contributed by atoms with van der Waals surface area (Å²) >= 11 is 1.37. The minimum Gasteiger partial charge on any atom is -0.494 e. The molecular formula is C20H20N2O3S. The second kappa shape index (κ2) is 8.10. The molecule has 0 fully saturated rings. The number of thioether (sulfide) groups is 1. The van der Waals surface area contributed by atoms with E-state index in [0.29, 0.717) is 27.9 Å². The molecule has 0 spiro atoms. The number of amidine groups is 1. The topological polar surface area (TPSA) is 77.8 Å². The zero-order valence-corrected chi connectivity index (χ0v) is 15.5. The Bertz CT molecular complexity index is 1010. The molecule has 0 amide bonds. The largest absolute Gasteiger partial charge is 0.494 e. The molecule has 2 N–H and O–H groups in total. The number of benzene rings is 2. The van der Waals surface area contributed by atoms with Crippen LogP contribution < -0.4 is 16.1 Å². The van der Waals surface area contributed by atoms with E-state index in [9.17, 15) is 4.79 Å². The molecule has 0 saturated heterocycles. The van der Waals surface area contributed by atoms with E-state index in [2.05, 4.69) is 11.9 Å². The summed E-state index contributed by atoms with van der Waals surface area (Å²) in [4.78, 5) is 16.3. The van der Waals surface area contributed by atoms with Gasteiger partial charge in [0.2, 0.25) is 0 Å². The van der Waals surface area contributed by atoms with Gasteiger partial charge in [-0.25, -0.2) is 9.79 Å². The van der Waals surface area contributed by atoms with Gasteiger partial charge in [-0.3, -0.25) is 0 Å². The summed E-state index contributed by atoms with van der Waals surface area (Å²) in [5.41, 5.74) is 8.98. The lowest BCUT2D eigenvalue weighted by Crippen LogP contribution is -2.07. The second-order valence-electron chi connectivity index (χ2n) is 5.69. The number of ether oxygens (including phenoxy) is 1. The van der Waals surface area contributed by atoms with Crippen molar-refractivity contribution in [3.63, 3.8) is 0 Å². The van der Waals surface area contributed by atoms with Gasteiger partial charge in [0.15, 0.2) is 5.17 Å². The maximum absolute atomic E-state index is 11.9. The number of nitrogens with zero attached hydrogens (tertiary/aromatic N) is 1. The Morgan fingerprint density at radius 2 is 2.04 bits per heavy atom. The molecule has 0 aliphatic heterocycles. The van der Waals surface area contributed by atoms with Crippen molar-refractivity contribution >= 4 is 33.6 Å². The standard InChI is InChI=1S/C20H20N2O3S/c1-3-13-8-9-15-14(11-19(23)25-18(15)10-13)12-26-20(21)22-16-6-4-5-7-17(16)24-2/h4-11H,3,12H2,1-2H3,(H2,21,22). The van der Waals surface area contributed by atoms with Crippen LogP contribution >= 0.6 is 11.8 Å². The highest BCUT2D eigenvalue weighted by atomic mass is 32.2. The van der Waals surface area contributed by atoms with Crippen LogP contribution in [0.1, 0.15) is 18.1 Å². The monoisotopic (exact) mass is 368 g/mol. The van der Waals surface area contributed by atoms with Crippen LogP contribution in [0.2, 0.25) is 0 Å². The van der Waals surface area contributed by atoms with E-state index in [0.717, 1.165) is 22.9 Å². The minimum atomic E-state index is -0.360. The van der Waals surface area contributed by atoms with Crippen molar-refractivity contribution in [1.82, 2.24) is 0 Å². The fourth-order valence-electron chi connectivity index (χ4n) is 2.64. The molecular weight excluding hydrogens is 348 g/mol. The zero-order chi connectivity index (χ0) is 18.5. The zero-order valence-electron chi connectivity index (χ0n) is 14.7. The summed E-state index contributed by atoms with van der Waals surface area (Å²) in [6, 6.07) is 14.9. The Hall–Kier alpha value is -2.73. The van der Waals surface area contributed by atoms with Crippen LogP contribution in [0, 0.1) is 0 Å². The lowest BCUT2D eigenvalue weighted by molar-refractivity contribution is 0.416. The maximum atomic E-state index is 11.9. The fraction of sp³-hybridized carbons (Fsp3) is 0.200. The van der Waals surface area contributed by atoms with Crippen LogP contribution in [0.5, 0.6) is 5.75 Å². The van der Waals surface area contributed by atoms with Crippen molar-refractivity contribution < 1.29 is 9.15 Å². The molecule has 1 aromatic heterocycles. The molecule has 0 saturated carbocycles. The van der Waals surface area contributed by atoms with Gasteiger partial charge in [0, 0.05) is 17.2 Å². The van der Waals surface area contributed by atoms with Gasteiger partial charge >= 0.3 is 5.63 Å². The average molecular weight is 368 g/mol. The first-order valence-electron chi connectivity index (χ1n) is 8.26. The van der Waals surface area contributed by atoms with Gasteiger partial charge in [-0.2, -0.15) is 0 Å². The molecule has 0 aliphatic rings. The third kappa shape index (κ3) is 4.08. The number of methoxy groups -OCH3 is 1. The Labute approximate surface area is 155 Å². The molecule has 3 rings (SSSR count). The third-order valence-corrected chi connectivity index (χ3v) is 4.84. The van der Waals surface area contributed by atoms with E-state index in [1.54, 1.807) is 7.11 Å². The second-order valence-corrected chi connectivity index (χ2v) is 6.68. The van der Waals surface area contributed by atoms with E-state index in [1.165, 1.54) is 17.8 Å². The minimum absolute atomic E-state index is 0.360. The van der Waals surface area contributed by atoms with Gasteiger partial charge in [-0.1, -0.05) is 43.0 Å². The molecule has 1 heterocycles. The van der Waals surface area contributed by atoms with Crippen LogP contribution in [-0.2, 0) is 12.2 Å². The Morgan fingerprint density at radius 1 is 1.23 bits per heavy atom. The van der Waals surface area contributed by atoms with Crippen LogP contribution in [-0.4, -0.2) is 12.3 Å². The number of aliphatic imine (C=N–C) groups is 1. The van der Waals surface area contributed by atoms with Crippen molar-refractivity contribution in [3.05, 3.63) is 70.1 Å². The van der Waals surface area contributed by atoms with E-state index in [-0.39, 0.29) is 5.63 Å². The fourth-order valence-corrected chi connectivity index (χ4v) is 3.34. The quantitative estimate of drug-likeness (QED) is 0.414. The molecule has 0 atom stereocenters. The highest BCUT2D eigenvalue weighted by Crippen LogP contribution is 2.28. The van der Waals surface area contributed by atoms with Crippen LogP contribution in [0.25, 0.3) is 11.0 Å². The van der Waals surface area contributed by atoms with Crippen LogP contribution in [0.4, 0.5) is 5.69 Å². The SMILES string of the molecule is CCc1ccc2c(CSC(N)=Nc3ccccc3OC)cc(=O)oc2c1. The van der Waals surface area contributed by atoms with E-state index >= 15 is 0 Å². The Balaban J connectivity index is 1.85. The Morgan fingerprint density at radius 3 is 2.81 bits per heavy atom. The first-order valence-corrected chi connectivity index (χ1v) is 9.25. The molecule has 5 nitrogen and oxygen atoms in total. The first kappa shape index (κ1) is 18.1. The number of hydrogen-bond acceptors (Lipinski definition) is 5. The smallest absolute Gasteiger partial charge is 0.336 e. The third-order valence-electron chi connectivity index (χ3n) is 3.99. The molecule has 0 bridgehead atoms. The maximum Gasteiger partial charge on any atom is 0.336 e. The van der Waals surface area contributed by atoms with Gasteiger partial charge in [-0.15, -0.1) is 0 Å². The first-order chi connectivity index (χ1) is 12.6. The number of nitrogens with two attached hydrogens (primary N) is 1. The van der Waals surface area contributed by atoms with Crippen molar-refractivity contribution in [1.29, 1.82) is 0 Å². The number of para-hydroxylation sites is 2. The molecule has 6 heteroatoms. The van der Waals surface area contributed by atoms with Crippen molar-refractivity contribution in [2.75, 3.05) is 7.11 Å². The highest BCUT2D eigenvalue weighted by Gasteiger charge is 2.08. The summed E-state index contributed by atoms with van der Waals surface area (Å²) < 4.78 is 10.6. The number of hydrogen-bond donors (Lipinski definition) is 1. The van der Waals surface area contributed by atoms with Crippen molar-refractivity contribution in [3.8, 4) is 5.75 Å².